The number of amides is 1. The van der Waals surface area contributed by atoms with Gasteiger partial charge in [-0.25, -0.2) is 5.43 Å². The molecule has 0 fully saturated rings. The molecule has 1 amide bonds. The highest BCUT2D eigenvalue weighted by Gasteiger charge is 2.14. The Hall–Kier alpha value is -2.15. The van der Waals surface area contributed by atoms with Crippen molar-refractivity contribution in [3.8, 4) is 0 Å². The summed E-state index contributed by atoms with van der Waals surface area (Å²) < 4.78 is 0. The minimum atomic E-state index is -0.605. The van der Waals surface area contributed by atoms with E-state index in [0.717, 1.165) is 6.07 Å². The molecule has 0 unspecified atom stereocenters. The van der Waals surface area contributed by atoms with E-state index in [-0.39, 0.29) is 16.3 Å². The zero-order valence-corrected chi connectivity index (χ0v) is 13.6. The normalized spacial score (nSPS) is 10.7. The van der Waals surface area contributed by atoms with Gasteiger partial charge in [-0.1, -0.05) is 40.9 Å². The van der Waals surface area contributed by atoms with Crippen molar-refractivity contribution in [2.45, 2.75) is 0 Å². The number of nitro groups is 1. The molecule has 0 atom stereocenters. The van der Waals surface area contributed by atoms with E-state index in [1.807, 2.05) is 0 Å². The average Bonchev–Trinajstić information content (AvgIpc) is 2.49. The van der Waals surface area contributed by atoms with Crippen LogP contribution in [0.25, 0.3) is 0 Å². The Labute approximate surface area is 145 Å². The molecule has 1 N–H and O–H groups in total. The van der Waals surface area contributed by atoms with Crippen LogP contribution in [-0.4, -0.2) is 17.0 Å². The van der Waals surface area contributed by atoms with Gasteiger partial charge in [0.05, 0.1) is 26.7 Å². The van der Waals surface area contributed by atoms with Crippen molar-refractivity contribution in [3.63, 3.8) is 0 Å². The lowest BCUT2D eigenvalue weighted by Gasteiger charge is -2.03. The first-order valence-corrected chi connectivity index (χ1v) is 7.24. The van der Waals surface area contributed by atoms with Crippen LogP contribution in [0.1, 0.15) is 15.9 Å². The smallest absolute Gasteiger partial charge is 0.267 e. The number of non-ortho nitro benzene ring substituents is 1. The number of carbonyl (C=O) groups is 1. The zero-order valence-electron chi connectivity index (χ0n) is 11.3. The molecule has 0 aliphatic carbocycles. The van der Waals surface area contributed by atoms with Crippen molar-refractivity contribution in [2.75, 3.05) is 0 Å². The Morgan fingerprint density at radius 2 is 1.87 bits per heavy atom. The van der Waals surface area contributed by atoms with Gasteiger partial charge in [-0.15, -0.1) is 0 Å². The van der Waals surface area contributed by atoms with E-state index in [9.17, 15) is 14.9 Å². The first-order chi connectivity index (χ1) is 10.9. The average molecular weight is 373 g/mol. The van der Waals surface area contributed by atoms with Crippen molar-refractivity contribution in [3.05, 3.63) is 72.7 Å². The van der Waals surface area contributed by atoms with Gasteiger partial charge in [0.25, 0.3) is 11.6 Å². The van der Waals surface area contributed by atoms with E-state index < -0.39 is 10.8 Å². The van der Waals surface area contributed by atoms with Crippen LogP contribution in [0.5, 0.6) is 0 Å². The minimum absolute atomic E-state index is 0.0450. The summed E-state index contributed by atoms with van der Waals surface area (Å²) in [5.74, 6) is -0.605. The van der Waals surface area contributed by atoms with Crippen LogP contribution in [0.2, 0.25) is 15.1 Å². The summed E-state index contributed by atoms with van der Waals surface area (Å²) in [7, 11) is 0. The van der Waals surface area contributed by atoms with Crippen molar-refractivity contribution >= 4 is 52.6 Å². The Balaban J connectivity index is 2.10. The molecule has 0 radical (unpaired) electrons. The van der Waals surface area contributed by atoms with E-state index in [1.165, 1.54) is 18.3 Å². The number of rotatable bonds is 4. The number of hydrazone groups is 1. The molecule has 0 heterocycles. The van der Waals surface area contributed by atoms with Crippen LogP contribution in [0.15, 0.2) is 41.5 Å². The maximum Gasteiger partial charge on any atom is 0.272 e. The van der Waals surface area contributed by atoms with Gasteiger partial charge < -0.3 is 0 Å². The first kappa shape index (κ1) is 17.2. The molecule has 0 spiro atoms. The maximum atomic E-state index is 11.9. The molecule has 2 aromatic rings. The topological polar surface area (TPSA) is 84.6 Å². The molecule has 2 rings (SSSR count). The molecule has 0 aromatic heterocycles. The number of hydrogen-bond acceptors (Lipinski definition) is 4. The summed E-state index contributed by atoms with van der Waals surface area (Å²) in [4.78, 5) is 22.0. The van der Waals surface area contributed by atoms with Crippen molar-refractivity contribution in [2.24, 2.45) is 5.10 Å². The number of nitrogens with zero attached hydrogens (tertiary/aromatic N) is 2. The highest BCUT2D eigenvalue weighted by molar-refractivity contribution is 6.36. The van der Waals surface area contributed by atoms with Crippen LogP contribution >= 0.6 is 34.8 Å². The molecule has 0 aliphatic rings. The predicted octanol–water partition coefficient (Wildman–Crippen LogP) is 4.32. The van der Waals surface area contributed by atoms with Crippen LogP contribution < -0.4 is 5.43 Å². The highest BCUT2D eigenvalue weighted by Crippen LogP contribution is 2.22. The monoisotopic (exact) mass is 371 g/mol. The highest BCUT2D eigenvalue weighted by atomic mass is 35.5. The number of benzene rings is 2. The third-order valence-corrected chi connectivity index (χ3v) is 3.62. The minimum Gasteiger partial charge on any atom is -0.267 e. The molecule has 118 valence electrons. The number of hydrogen-bond donors (Lipinski definition) is 1. The molecule has 23 heavy (non-hydrogen) atoms. The van der Waals surface area contributed by atoms with Gasteiger partial charge in [-0.05, 0) is 18.2 Å². The van der Waals surface area contributed by atoms with E-state index >= 15 is 0 Å². The summed E-state index contributed by atoms with van der Waals surface area (Å²) in [6, 6.07) is 8.33. The van der Waals surface area contributed by atoms with Crippen LogP contribution in [-0.2, 0) is 0 Å². The molecule has 0 aliphatic heterocycles. The Kier molecular flexibility index (Phi) is 5.54. The number of halogens is 3. The summed E-state index contributed by atoms with van der Waals surface area (Å²) in [6.07, 6.45) is 1.34. The summed E-state index contributed by atoms with van der Waals surface area (Å²) in [5, 5.41) is 15.2. The second-order valence-corrected chi connectivity index (χ2v) is 5.54. The molecule has 2 aromatic carbocycles. The predicted molar refractivity (Wildman–Crippen MR) is 89.6 cm³/mol. The second-order valence-electron chi connectivity index (χ2n) is 4.29. The third kappa shape index (κ3) is 4.41. The molecule has 0 saturated heterocycles. The fraction of sp³-hybridized carbons (Fsp3) is 0. The lowest BCUT2D eigenvalue weighted by molar-refractivity contribution is -0.384. The molecular weight excluding hydrogens is 365 g/mol. The van der Waals surface area contributed by atoms with E-state index in [0.29, 0.717) is 15.6 Å². The summed E-state index contributed by atoms with van der Waals surface area (Å²) in [5.41, 5.74) is 2.69. The fourth-order valence-corrected chi connectivity index (χ4v) is 2.35. The van der Waals surface area contributed by atoms with Gasteiger partial charge in [-0.2, -0.15) is 5.10 Å². The number of carbonyl (C=O) groups excluding carboxylic acids is 1. The largest absolute Gasteiger partial charge is 0.272 e. The van der Waals surface area contributed by atoms with Gasteiger partial charge in [0.1, 0.15) is 0 Å². The summed E-state index contributed by atoms with van der Waals surface area (Å²) in [6.45, 7) is 0. The maximum absolute atomic E-state index is 11.9. The first-order valence-electron chi connectivity index (χ1n) is 6.11. The summed E-state index contributed by atoms with van der Waals surface area (Å²) >= 11 is 17.6. The number of nitrogens with one attached hydrogen (secondary N) is 1. The van der Waals surface area contributed by atoms with Gasteiger partial charge >= 0.3 is 0 Å². The lowest BCUT2D eigenvalue weighted by atomic mass is 10.2. The molecule has 9 heteroatoms. The van der Waals surface area contributed by atoms with Crippen molar-refractivity contribution in [1.29, 1.82) is 0 Å². The standard InChI is InChI=1S/C14H8Cl3N3O3/c15-9-2-1-8(12(16)5-9)7-18-19-14(21)11-4-3-10(20(22)23)6-13(11)17/h1-7H,(H,19,21)/b18-7+. The van der Waals surface area contributed by atoms with E-state index in [2.05, 4.69) is 10.5 Å². The molecule has 0 bridgehead atoms. The van der Waals surface area contributed by atoms with Gasteiger partial charge in [0.15, 0.2) is 0 Å². The molecule has 6 nitrogen and oxygen atoms in total. The lowest BCUT2D eigenvalue weighted by Crippen LogP contribution is -2.18. The van der Waals surface area contributed by atoms with Gasteiger partial charge in [0.2, 0.25) is 0 Å². The quantitative estimate of drug-likeness (QED) is 0.493. The second kappa shape index (κ2) is 7.41. The van der Waals surface area contributed by atoms with Crippen LogP contribution in [0.3, 0.4) is 0 Å². The Morgan fingerprint density at radius 3 is 2.48 bits per heavy atom. The van der Waals surface area contributed by atoms with Gasteiger partial charge in [-0.3, -0.25) is 14.9 Å². The molecular formula is C14H8Cl3N3O3. The Morgan fingerprint density at radius 1 is 1.13 bits per heavy atom. The van der Waals surface area contributed by atoms with Crippen LogP contribution in [0.4, 0.5) is 5.69 Å². The third-order valence-electron chi connectivity index (χ3n) is 2.74. The fourth-order valence-electron chi connectivity index (χ4n) is 1.63. The van der Waals surface area contributed by atoms with Crippen molar-refractivity contribution in [1.82, 2.24) is 5.43 Å². The van der Waals surface area contributed by atoms with E-state index in [4.69, 9.17) is 34.8 Å². The van der Waals surface area contributed by atoms with E-state index in [1.54, 1.807) is 18.2 Å². The van der Waals surface area contributed by atoms with Gasteiger partial charge in [0, 0.05) is 22.7 Å². The Bertz CT molecular complexity index is 809. The zero-order chi connectivity index (χ0) is 17.0. The SMILES string of the molecule is O=C(N/N=C/c1ccc(Cl)cc1Cl)c1ccc([N+](=O)[O-])cc1Cl. The van der Waals surface area contributed by atoms with Crippen molar-refractivity contribution < 1.29 is 9.72 Å². The number of nitro benzene ring substituents is 1. The molecule has 0 saturated carbocycles. The van der Waals surface area contributed by atoms with Crippen LogP contribution in [0, 0.1) is 10.1 Å².